The third-order valence-corrected chi connectivity index (χ3v) is 3.86. The average molecular weight is 303 g/mol. The van der Waals surface area contributed by atoms with Gasteiger partial charge in [0.1, 0.15) is 18.1 Å². The Hall–Kier alpha value is -1.84. The second-order valence-electron chi connectivity index (χ2n) is 5.64. The number of benzene rings is 1. The second kappa shape index (κ2) is 9.23. The molecule has 1 aromatic carbocycles. The predicted octanol–water partition coefficient (Wildman–Crippen LogP) is 3.78. The van der Waals surface area contributed by atoms with Crippen LogP contribution >= 0.6 is 0 Å². The zero-order chi connectivity index (χ0) is 15.6. The number of Topliss-reactive ketones (excluding diaryl/α,β-unsaturated/α-hetero) is 1. The van der Waals surface area contributed by atoms with Crippen LogP contribution in [0, 0.1) is 5.92 Å². The summed E-state index contributed by atoms with van der Waals surface area (Å²) in [6.07, 6.45) is 7.48. The number of ether oxygens (including phenoxy) is 1. The van der Waals surface area contributed by atoms with Gasteiger partial charge < -0.3 is 9.57 Å². The summed E-state index contributed by atoms with van der Waals surface area (Å²) in [5.74, 6) is 1.46. The number of nitrogens with zero attached hydrogens (tertiary/aromatic N) is 1. The molecule has 1 saturated carbocycles. The first kappa shape index (κ1) is 16.5. The van der Waals surface area contributed by atoms with Gasteiger partial charge in [-0.15, -0.1) is 0 Å². The SMILES string of the molecule is CC/C=N/OCCOc1ccc(CC2CCCCC2=O)cc1. The zero-order valence-electron chi connectivity index (χ0n) is 13.3. The minimum Gasteiger partial charge on any atom is -0.490 e. The number of ketones is 1. The van der Waals surface area contributed by atoms with Crippen molar-refractivity contribution in [2.75, 3.05) is 13.2 Å². The summed E-state index contributed by atoms with van der Waals surface area (Å²) in [6.45, 7) is 2.92. The predicted molar refractivity (Wildman–Crippen MR) is 87.3 cm³/mol. The normalized spacial score (nSPS) is 18.6. The lowest BCUT2D eigenvalue weighted by Gasteiger charge is -2.20. The first-order valence-electron chi connectivity index (χ1n) is 8.18. The molecule has 1 aliphatic rings. The van der Waals surface area contributed by atoms with Crippen molar-refractivity contribution in [3.05, 3.63) is 29.8 Å². The summed E-state index contributed by atoms with van der Waals surface area (Å²) in [6, 6.07) is 8.01. The van der Waals surface area contributed by atoms with Crippen molar-refractivity contribution in [1.29, 1.82) is 0 Å². The van der Waals surface area contributed by atoms with Crippen LogP contribution in [-0.2, 0) is 16.1 Å². The lowest BCUT2D eigenvalue weighted by Crippen LogP contribution is -2.20. The van der Waals surface area contributed by atoms with Crippen molar-refractivity contribution in [3.63, 3.8) is 0 Å². The van der Waals surface area contributed by atoms with Crippen molar-refractivity contribution < 1.29 is 14.4 Å². The summed E-state index contributed by atoms with van der Waals surface area (Å²) >= 11 is 0. The Morgan fingerprint density at radius 1 is 1.23 bits per heavy atom. The molecule has 0 bridgehead atoms. The van der Waals surface area contributed by atoms with E-state index in [9.17, 15) is 4.79 Å². The Balaban J connectivity index is 1.73. The van der Waals surface area contributed by atoms with Gasteiger partial charge in [0.2, 0.25) is 0 Å². The molecular formula is C18H25NO3. The maximum absolute atomic E-state index is 11.9. The van der Waals surface area contributed by atoms with Crippen molar-refractivity contribution in [1.82, 2.24) is 0 Å². The molecule has 0 amide bonds. The summed E-state index contributed by atoms with van der Waals surface area (Å²) in [5.41, 5.74) is 1.20. The van der Waals surface area contributed by atoms with E-state index in [1.807, 2.05) is 31.2 Å². The van der Waals surface area contributed by atoms with E-state index in [4.69, 9.17) is 9.57 Å². The van der Waals surface area contributed by atoms with Crippen LogP contribution in [-0.4, -0.2) is 25.2 Å². The standard InChI is InChI=1S/C18H25NO3/c1-2-11-19-22-13-12-21-17-9-7-15(8-10-17)14-16-5-3-4-6-18(16)20/h7-11,16H,2-6,12-14H2,1H3/b19-11+. The second-order valence-corrected chi connectivity index (χ2v) is 5.64. The highest BCUT2D eigenvalue weighted by atomic mass is 16.6. The molecule has 4 heteroatoms. The number of hydrogen-bond donors (Lipinski definition) is 0. The minimum absolute atomic E-state index is 0.213. The summed E-state index contributed by atoms with van der Waals surface area (Å²) in [5, 5.41) is 3.77. The molecular weight excluding hydrogens is 278 g/mol. The maximum atomic E-state index is 11.9. The number of hydrogen-bond acceptors (Lipinski definition) is 4. The van der Waals surface area contributed by atoms with E-state index in [2.05, 4.69) is 5.16 Å². The first-order valence-corrected chi connectivity index (χ1v) is 8.18. The van der Waals surface area contributed by atoms with Gasteiger partial charge in [-0.2, -0.15) is 0 Å². The fourth-order valence-corrected chi connectivity index (χ4v) is 2.65. The summed E-state index contributed by atoms with van der Waals surface area (Å²) in [7, 11) is 0. The molecule has 1 atom stereocenters. The Labute approximate surface area is 132 Å². The zero-order valence-corrected chi connectivity index (χ0v) is 13.3. The highest BCUT2D eigenvalue weighted by molar-refractivity contribution is 5.81. The fraction of sp³-hybridized carbons (Fsp3) is 0.556. The lowest BCUT2D eigenvalue weighted by atomic mass is 9.84. The van der Waals surface area contributed by atoms with Crippen molar-refractivity contribution in [3.8, 4) is 5.75 Å². The molecule has 4 nitrogen and oxygen atoms in total. The first-order chi connectivity index (χ1) is 10.8. The molecule has 120 valence electrons. The van der Waals surface area contributed by atoms with Crippen LogP contribution in [0.25, 0.3) is 0 Å². The van der Waals surface area contributed by atoms with Gasteiger partial charge >= 0.3 is 0 Å². The van der Waals surface area contributed by atoms with Crippen LogP contribution in [0.2, 0.25) is 0 Å². The van der Waals surface area contributed by atoms with Crippen molar-refractivity contribution in [2.45, 2.75) is 45.4 Å². The van der Waals surface area contributed by atoms with E-state index < -0.39 is 0 Å². The van der Waals surface area contributed by atoms with Crippen LogP contribution in [0.1, 0.15) is 44.6 Å². The van der Waals surface area contributed by atoms with E-state index in [-0.39, 0.29) is 5.92 Å². The van der Waals surface area contributed by atoms with Crippen molar-refractivity contribution in [2.24, 2.45) is 11.1 Å². The maximum Gasteiger partial charge on any atom is 0.151 e. The molecule has 0 radical (unpaired) electrons. The Kier molecular flexibility index (Phi) is 6.94. The molecule has 0 N–H and O–H groups in total. The Morgan fingerprint density at radius 2 is 2.05 bits per heavy atom. The minimum atomic E-state index is 0.213. The number of oxime groups is 1. The summed E-state index contributed by atoms with van der Waals surface area (Å²) in [4.78, 5) is 16.9. The van der Waals surface area contributed by atoms with Gasteiger partial charge in [0.05, 0.1) is 0 Å². The third-order valence-electron chi connectivity index (χ3n) is 3.86. The topological polar surface area (TPSA) is 47.9 Å². The summed E-state index contributed by atoms with van der Waals surface area (Å²) < 4.78 is 5.59. The van der Waals surface area contributed by atoms with Gasteiger partial charge in [-0.05, 0) is 43.4 Å². The third kappa shape index (κ3) is 5.51. The number of carbonyl (C=O) groups excluding carboxylic acids is 1. The van der Waals surface area contributed by atoms with Crippen molar-refractivity contribution >= 4 is 12.0 Å². The highest BCUT2D eigenvalue weighted by Crippen LogP contribution is 2.25. The van der Waals surface area contributed by atoms with E-state index in [1.165, 1.54) is 12.0 Å². The molecule has 0 aromatic heterocycles. The van der Waals surface area contributed by atoms with Crippen LogP contribution in [0.4, 0.5) is 0 Å². The Morgan fingerprint density at radius 3 is 2.77 bits per heavy atom. The molecule has 0 heterocycles. The van der Waals surface area contributed by atoms with E-state index in [0.717, 1.165) is 37.9 Å². The average Bonchev–Trinajstić information content (AvgIpc) is 2.54. The monoisotopic (exact) mass is 303 g/mol. The van der Waals surface area contributed by atoms with Crippen LogP contribution < -0.4 is 4.74 Å². The molecule has 0 saturated heterocycles. The molecule has 0 aliphatic heterocycles. The van der Waals surface area contributed by atoms with E-state index in [0.29, 0.717) is 19.0 Å². The Bertz CT molecular complexity index is 482. The molecule has 1 fully saturated rings. The van der Waals surface area contributed by atoms with Crippen LogP contribution in [0.15, 0.2) is 29.4 Å². The number of carbonyl (C=O) groups is 1. The fourth-order valence-electron chi connectivity index (χ4n) is 2.65. The molecule has 1 unspecified atom stereocenters. The quantitative estimate of drug-likeness (QED) is 0.417. The van der Waals surface area contributed by atoms with Gasteiger partial charge in [-0.3, -0.25) is 4.79 Å². The highest BCUT2D eigenvalue weighted by Gasteiger charge is 2.22. The van der Waals surface area contributed by atoms with Gasteiger partial charge in [0.25, 0.3) is 0 Å². The van der Waals surface area contributed by atoms with Gasteiger partial charge in [0.15, 0.2) is 6.61 Å². The largest absolute Gasteiger partial charge is 0.490 e. The van der Waals surface area contributed by atoms with E-state index >= 15 is 0 Å². The smallest absolute Gasteiger partial charge is 0.151 e. The molecule has 0 spiro atoms. The number of rotatable bonds is 8. The molecule has 1 aromatic rings. The molecule has 2 rings (SSSR count). The van der Waals surface area contributed by atoms with E-state index in [1.54, 1.807) is 6.21 Å². The lowest BCUT2D eigenvalue weighted by molar-refractivity contribution is -0.124. The van der Waals surface area contributed by atoms with Gasteiger partial charge in [-0.1, -0.05) is 30.6 Å². The molecule has 1 aliphatic carbocycles. The van der Waals surface area contributed by atoms with Gasteiger partial charge in [-0.25, -0.2) is 0 Å². The van der Waals surface area contributed by atoms with Crippen LogP contribution in [0.5, 0.6) is 5.75 Å². The van der Waals surface area contributed by atoms with Crippen LogP contribution in [0.3, 0.4) is 0 Å². The molecule has 22 heavy (non-hydrogen) atoms. The van der Waals surface area contributed by atoms with Gasteiger partial charge in [0, 0.05) is 18.6 Å².